The average molecular weight is 292 g/mol. The number of imidazole rings is 1. The van der Waals surface area contributed by atoms with Crippen LogP contribution in [0.3, 0.4) is 0 Å². The fourth-order valence-corrected chi connectivity index (χ4v) is 2.49. The van der Waals surface area contributed by atoms with Gasteiger partial charge < -0.3 is 4.42 Å². The molecule has 0 aliphatic rings. The zero-order valence-corrected chi connectivity index (χ0v) is 11.1. The van der Waals surface area contributed by atoms with Crippen LogP contribution in [0.2, 0.25) is 10.0 Å². The summed E-state index contributed by atoms with van der Waals surface area (Å²) in [5, 5.41) is 9.89. The Hall–Kier alpha value is -1.96. The second-order valence-corrected chi connectivity index (χ2v) is 4.76. The number of hydrogen-bond acceptors (Lipinski definition) is 3. The first kappa shape index (κ1) is 12.1. The molecule has 6 heteroatoms. The van der Waals surface area contributed by atoms with E-state index < -0.39 is 0 Å². The van der Waals surface area contributed by atoms with E-state index in [1.165, 1.54) is 0 Å². The molecule has 0 radical (unpaired) electrons. The average Bonchev–Trinajstić information content (AvgIpc) is 2.98. The molecule has 0 amide bonds. The van der Waals surface area contributed by atoms with Crippen LogP contribution in [0.15, 0.2) is 35.1 Å². The van der Waals surface area contributed by atoms with Crippen molar-refractivity contribution in [3.63, 3.8) is 0 Å². The fraction of sp³-hybridized carbons (Fsp3) is 0.0769. The number of halogens is 2. The molecule has 0 saturated carbocycles. The molecule has 94 valence electrons. The molecule has 0 bridgehead atoms. The van der Waals surface area contributed by atoms with Crippen LogP contribution in [0.4, 0.5) is 0 Å². The first-order valence-electron chi connectivity index (χ1n) is 5.47. The van der Waals surface area contributed by atoms with Crippen molar-refractivity contribution in [2.24, 2.45) is 0 Å². The van der Waals surface area contributed by atoms with Crippen LogP contribution >= 0.6 is 23.2 Å². The molecule has 0 aliphatic heterocycles. The summed E-state index contributed by atoms with van der Waals surface area (Å²) >= 11 is 12.1. The van der Waals surface area contributed by atoms with E-state index in [4.69, 9.17) is 32.9 Å². The highest BCUT2D eigenvalue weighted by Gasteiger charge is 2.17. The monoisotopic (exact) mass is 291 g/mol. The maximum Gasteiger partial charge on any atom is 0.156 e. The van der Waals surface area contributed by atoms with Crippen LogP contribution in [0.1, 0.15) is 5.69 Å². The lowest BCUT2D eigenvalue weighted by atomic mass is 10.2. The lowest BCUT2D eigenvalue weighted by Crippen LogP contribution is -1.93. The van der Waals surface area contributed by atoms with Gasteiger partial charge >= 0.3 is 0 Å². The maximum absolute atomic E-state index is 8.97. The Morgan fingerprint density at radius 1 is 1.42 bits per heavy atom. The summed E-state index contributed by atoms with van der Waals surface area (Å²) < 4.78 is 7.07. The largest absolute Gasteiger partial charge is 0.463 e. The van der Waals surface area contributed by atoms with Gasteiger partial charge in [0.25, 0.3) is 0 Å². The predicted molar refractivity (Wildman–Crippen MR) is 72.2 cm³/mol. The molecule has 0 spiro atoms. The van der Waals surface area contributed by atoms with Gasteiger partial charge in [0.1, 0.15) is 5.69 Å². The molecule has 4 nitrogen and oxygen atoms in total. The minimum absolute atomic E-state index is 0.188. The first-order chi connectivity index (χ1) is 9.20. The Labute approximate surface area is 118 Å². The third-order valence-electron chi connectivity index (χ3n) is 2.74. The molecule has 0 saturated heterocycles. The second kappa shape index (κ2) is 4.61. The molecule has 0 aliphatic carbocycles. The van der Waals surface area contributed by atoms with Gasteiger partial charge in [0, 0.05) is 6.20 Å². The van der Waals surface area contributed by atoms with Crippen molar-refractivity contribution < 1.29 is 4.42 Å². The Morgan fingerprint density at radius 2 is 2.26 bits per heavy atom. The van der Waals surface area contributed by atoms with Gasteiger partial charge in [-0.2, -0.15) is 5.26 Å². The highest BCUT2D eigenvalue weighted by atomic mass is 35.5. The molecular formula is C13H7Cl2N3O. The van der Waals surface area contributed by atoms with E-state index in [-0.39, 0.29) is 6.42 Å². The summed E-state index contributed by atoms with van der Waals surface area (Å²) in [4.78, 5) is 4.44. The van der Waals surface area contributed by atoms with Gasteiger partial charge in [-0.3, -0.25) is 4.40 Å². The Morgan fingerprint density at radius 3 is 2.95 bits per heavy atom. The number of rotatable bonds is 2. The zero-order valence-electron chi connectivity index (χ0n) is 9.60. The quantitative estimate of drug-likeness (QED) is 0.718. The number of nitrogens with zero attached hydrogens (tertiary/aromatic N) is 3. The van der Waals surface area contributed by atoms with Gasteiger partial charge in [0.15, 0.2) is 11.4 Å². The SMILES string of the molecule is N#CCc1c(-c2ccco2)nc2c(Cl)cc(Cl)cn12. The third kappa shape index (κ3) is 1.97. The number of furan rings is 1. The van der Waals surface area contributed by atoms with Gasteiger partial charge in [-0.05, 0) is 18.2 Å². The summed E-state index contributed by atoms with van der Waals surface area (Å²) in [6.07, 6.45) is 3.44. The van der Waals surface area contributed by atoms with E-state index in [2.05, 4.69) is 11.1 Å². The van der Waals surface area contributed by atoms with Crippen molar-refractivity contribution in [2.45, 2.75) is 6.42 Å². The molecule has 3 aromatic heterocycles. The molecule has 19 heavy (non-hydrogen) atoms. The normalized spacial score (nSPS) is 10.8. The Bertz CT molecular complexity index is 784. The fourth-order valence-electron chi connectivity index (χ4n) is 1.97. The number of nitriles is 1. The number of hydrogen-bond donors (Lipinski definition) is 0. The van der Waals surface area contributed by atoms with Crippen LogP contribution in [0.5, 0.6) is 0 Å². The standard InChI is InChI=1S/C13H7Cl2N3O/c14-8-6-9(15)13-17-12(11-2-1-5-19-11)10(3-4-16)18(13)7-8/h1-2,5-7H,3H2. The van der Waals surface area contributed by atoms with Gasteiger partial charge in [-0.1, -0.05) is 23.2 Å². The summed E-state index contributed by atoms with van der Waals surface area (Å²) in [5.41, 5.74) is 1.87. The molecule has 0 N–H and O–H groups in total. The van der Waals surface area contributed by atoms with E-state index in [1.807, 2.05) is 0 Å². The number of pyridine rings is 1. The summed E-state index contributed by atoms with van der Waals surface area (Å²) in [6, 6.07) is 7.29. The smallest absolute Gasteiger partial charge is 0.156 e. The Kier molecular flexibility index (Phi) is 2.94. The molecule has 3 aromatic rings. The van der Waals surface area contributed by atoms with E-state index in [9.17, 15) is 0 Å². The van der Waals surface area contributed by atoms with Gasteiger partial charge in [-0.25, -0.2) is 4.98 Å². The van der Waals surface area contributed by atoms with Crippen molar-refractivity contribution in [2.75, 3.05) is 0 Å². The molecule has 0 fully saturated rings. The summed E-state index contributed by atoms with van der Waals surface area (Å²) in [7, 11) is 0. The van der Waals surface area contributed by atoms with Crippen molar-refractivity contribution >= 4 is 28.8 Å². The van der Waals surface area contributed by atoms with Crippen molar-refractivity contribution in [3.05, 3.63) is 46.4 Å². The molecule has 0 aromatic carbocycles. The highest BCUT2D eigenvalue weighted by molar-refractivity contribution is 6.36. The van der Waals surface area contributed by atoms with Crippen LogP contribution in [-0.4, -0.2) is 9.38 Å². The minimum Gasteiger partial charge on any atom is -0.463 e. The molecule has 3 rings (SSSR count). The topological polar surface area (TPSA) is 54.2 Å². The number of aromatic nitrogens is 2. The van der Waals surface area contributed by atoms with E-state index >= 15 is 0 Å². The second-order valence-electron chi connectivity index (χ2n) is 3.92. The zero-order chi connectivity index (χ0) is 13.4. The van der Waals surface area contributed by atoms with E-state index in [0.29, 0.717) is 32.8 Å². The minimum atomic E-state index is 0.188. The molecule has 0 unspecified atom stereocenters. The molecular weight excluding hydrogens is 285 g/mol. The van der Waals surface area contributed by atoms with Crippen LogP contribution in [0.25, 0.3) is 17.1 Å². The van der Waals surface area contributed by atoms with Crippen molar-refractivity contribution in [1.29, 1.82) is 5.26 Å². The van der Waals surface area contributed by atoms with Gasteiger partial charge in [0.2, 0.25) is 0 Å². The maximum atomic E-state index is 8.97. The number of fused-ring (bicyclic) bond motifs is 1. The summed E-state index contributed by atoms with van der Waals surface area (Å²) in [5.74, 6) is 0.598. The lowest BCUT2D eigenvalue weighted by Gasteiger charge is -2.00. The van der Waals surface area contributed by atoms with Gasteiger partial charge in [-0.15, -0.1) is 0 Å². The lowest BCUT2D eigenvalue weighted by molar-refractivity contribution is 0.580. The van der Waals surface area contributed by atoms with Crippen molar-refractivity contribution in [3.8, 4) is 17.5 Å². The predicted octanol–water partition coefficient (Wildman–Crippen LogP) is 3.97. The highest BCUT2D eigenvalue weighted by Crippen LogP contribution is 2.30. The van der Waals surface area contributed by atoms with Crippen molar-refractivity contribution in [1.82, 2.24) is 9.38 Å². The first-order valence-corrected chi connectivity index (χ1v) is 6.23. The van der Waals surface area contributed by atoms with Crippen LogP contribution in [0, 0.1) is 11.3 Å². The molecule has 3 heterocycles. The Balaban J connectivity index is 2.37. The third-order valence-corrected chi connectivity index (χ3v) is 3.23. The van der Waals surface area contributed by atoms with Crippen LogP contribution in [-0.2, 0) is 6.42 Å². The van der Waals surface area contributed by atoms with E-state index in [0.717, 1.165) is 0 Å². The summed E-state index contributed by atoms with van der Waals surface area (Å²) in [6.45, 7) is 0. The van der Waals surface area contributed by atoms with Gasteiger partial charge in [0.05, 0.1) is 34.5 Å². The molecule has 0 atom stereocenters. The van der Waals surface area contributed by atoms with Crippen LogP contribution < -0.4 is 0 Å². The van der Waals surface area contributed by atoms with E-state index in [1.54, 1.807) is 35.1 Å².